The van der Waals surface area contributed by atoms with Crippen molar-refractivity contribution in [3.63, 3.8) is 0 Å². The number of rotatable bonds is 3. The minimum absolute atomic E-state index is 0.0964. The number of aromatic nitrogens is 1. The molecule has 6 heteroatoms. The Hall–Kier alpha value is -1.53. The average Bonchev–Trinajstić information content (AvgIpc) is 2.34. The lowest BCUT2D eigenvalue weighted by Gasteiger charge is -2.07. The van der Waals surface area contributed by atoms with Gasteiger partial charge in [-0.15, -0.1) is 0 Å². The smallest absolute Gasteiger partial charge is 0.256 e. The summed E-state index contributed by atoms with van der Waals surface area (Å²) in [5.41, 5.74) is 6.01. The van der Waals surface area contributed by atoms with Crippen molar-refractivity contribution in [1.82, 2.24) is 4.98 Å². The molecule has 2 aromatic rings. The van der Waals surface area contributed by atoms with E-state index in [-0.39, 0.29) is 18.2 Å². The molecule has 0 amide bonds. The number of nitrogens with zero attached hydrogens (tertiary/aromatic N) is 1. The molecule has 2 N–H and O–H groups in total. The third kappa shape index (κ3) is 2.83. The van der Waals surface area contributed by atoms with Gasteiger partial charge in [0.2, 0.25) is 0 Å². The summed E-state index contributed by atoms with van der Waals surface area (Å²) in [5.74, 6) is -1.66. The molecule has 0 bridgehead atoms. The molecule has 18 heavy (non-hydrogen) atoms. The van der Waals surface area contributed by atoms with E-state index in [2.05, 4.69) is 20.9 Å². The number of ether oxygens (including phenoxy) is 1. The lowest BCUT2D eigenvalue weighted by molar-refractivity contribution is 0.398. The Bertz CT molecular complexity index is 578. The maximum absolute atomic E-state index is 13.6. The highest BCUT2D eigenvalue weighted by atomic mass is 79.9. The molecule has 1 aromatic heterocycles. The summed E-state index contributed by atoms with van der Waals surface area (Å²) in [7, 11) is 0. The molecule has 2 rings (SSSR count). The van der Waals surface area contributed by atoms with Gasteiger partial charge in [0.1, 0.15) is 0 Å². The predicted molar refractivity (Wildman–Crippen MR) is 66.3 cm³/mol. The molecule has 0 aliphatic carbocycles. The average molecular weight is 315 g/mol. The summed E-state index contributed by atoms with van der Waals surface area (Å²) in [6.07, 6.45) is 1.37. The number of benzene rings is 1. The minimum atomic E-state index is -0.674. The zero-order valence-electron chi connectivity index (χ0n) is 9.16. The van der Waals surface area contributed by atoms with Gasteiger partial charge >= 0.3 is 0 Å². The van der Waals surface area contributed by atoms with Crippen molar-refractivity contribution in [2.45, 2.75) is 6.54 Å². The van der Waals surface area contributed by atoms with Crippen LogP contribution in [-0.4, -0.2) is 4.98 Å². The summed E-state index contributed by atoms with van der Waals surface area (Å²) in [6.45, 7) is 0.224. The first kappa shape index (κ1) is 12.9. The molecule has 1 aromatic carbocycles. The maximum Gasteiger partial charge on any atom is 0.256 e. The van der Waals surface area contributed by atoms with Crippen LogP contribution < -0.4 is 10.5 Å². The molecule has 0 saturated carbocycles. The third-order valence-electron chi connectivity index (χ3n) is 2.21. The van der Waals surface area contributed by atoms with Gasteiger partial charge in [0, 0.05) is 17.2 Å². The molecule has 0 spiro atoms. The van der Waals surface area contributed by atoms with Crippen LogP contribution in [0.25, 0.3) is 0 Å². The molecule has 0 unspecified atom stereocenters. The Balaban J connectivity index is 2.28. The van der Waals surface area contributed by atoms with Crippen molar-refractivity contribution in [2.75, 3.05) is 0 Å². The van der Waals surface area contributed by atoms with E-state index >= 15 is 0 Å². The molecular formula is C12H9BrF2N2O. The molecular weight excluding hydrogens is 306 g/mol. The van der Waals surface area contributed by atoms with E-state index in [1.54, 1.807) is 6.07 Å². The van der Waals surface area contributed by atoms with Gasteiger partial charge in [-0.25, -0.2) is 13.8 Å². The first-order valence-electron chi connectivity index (χ1n) is 5.07. The van der Waals surface area contributed by atoms with Crippen molar-refractivity contribution >= 4 is 15.9 Å². The lowest BCUT2D eigenvalue weighted by Crippen LogP contribution is -1.99. The predicted octanol–water partition coefficient (Wildman–Crippen LogP) is 3.37. The molecule has 0 saturated heterocycles. The Labute approximate surface area is 111 Å². The Morgan fingerprint density at radius 2 is 2.00 bits per heavy atom. The molecule has 3 nitrogen and oxygen atoms in total. The SMILES string of the molecule is NCc1ccc(Oc2ncc(Br)cc2F)c(F)c1. The monoisotopic (exact) mass is 314 g/mol. The van der Waals surface area contributed by atoms with E-state index in [9.17, 15) is 8.78 Å². The van der Waals surface area contributed by atoms with Crippen LogP contribution in [0.3, 0.4) is 0 Å². The van der Waals surface area contributed by atoms with Crippen LogP contribution in [0.2, 0.25) is 0 Å². The number of nitrogens with two attached hydrogens (primary N) is 1. The maximum atomic E-state index is 13.6. The molecule has 1 heterocycles. The first-order chi connectivity index (χ1) is 8.60. The summed E-state index contributed by atoms with van der Waals surface area (Å²) < 4.78 is 32.6. The highest BCUT2D eigenvalue weighted by molar-refractivity contribution is 9.10. The minimum Gasteiger partial charge on any atom is -0.433 e. The lowest BCUT2D eigenvalue weighted by atomic mass is 10.2. The van der Waals surface area contributed by atoms with Gasteiger partial charge in [0.25, 0.3) is 5.88 Å². The molecule has 0 radical (unpaired) electrons. The molecule has 94 valence electrons. The number of pyridine rings is 1. The zero-order chi connectivity index (χ0) is 13.1. The molecule has 0 atom stereocenters. The largest absolute Gasteiger partial charge is 0.433 e. The van der Waals surface area contributed by atoms with Gasteiger partial charge in [0.15, 0.2) is 17.4 Å². The van der Waals surface area contributed by atoms with E-state index < -0.39 is 11.6 Å². The van der Waals surface area contributed by atoms with Crippen LogP contribution in [0.5, 0.6) is 11.6 Å². The first-order valence-corrected chi connectivity index (χ1v) is 5.87. The Kier molecular flexibility index (Phi) is 3.88. The molecule has 0 aliphatic heterocycles. The van der Waals surface area contributed by atoms with Crippen molar-refractivity contribution in [2.24, 2.45) is 5.73 Å². The fraction of sp³-hybridized carbons (Fsp3) is 0.0833. The van der Waals surface area contributed by atoms with Crippen LogP contribution in [-0.2, 0) is 6.54 Å². The van der Waals surface area contributed by atoms with Crippen LogP contribution in [0.15, 0.2) is 34.9 Å². The van der Waals surface area contributed by atoms with Gasteiger partial charge in [-0.3, -0.25) is 0 Å². The van der Waals surface area contributed by atoms with Gasteiger partial charge in [-0.05, 0) is 39.7 Å². The van der Waals surface area contributed by atoms with Gasteiger partial charge in [-0.1, -0.05) is 6.07 Å². The van der Waals surface area contributed by atoms with Crippen LogP contribution in [0, 0.1) is 11.6 Å². The highest BCUT2D eigenvalue weighted by Crippen LogP contribution is 2.26. The number of halogens is 3. The summed E-state index contributed by atoms with van der Waals surface area (Å²) >= 11 is 3.07. The van der Waals surface area contributed by atoms with Gasteiger partial charge in [0.05, 0.1) is 0 Å². The summed E-state index contributed by atoms with van der Waals surface area (Å²) in [5, 5.41) is 0. The van der Waals surface area contributed by atoms with Crippen LogP contribution in [0.1, 0.15) is 5.56 Å². The molecule has 0 fully saturated rings. The van der Waals surface area contributed by atoms with E-state index in [1.807, 2.05) is 0 Å². The zero-order valence-corrected chi connectivity index (χ0v) is 10.7. The fourth-order valence-corrected chi connectivity index (χ4v) is 1.64. The highest BCUT2D eigenvalue weighted by Gasteiger charge is 2.10. The Morgan fingerprint density at radius 1 is 1.22 bits per heavy atom. The second-order valence-electron chi connectivity index (χ2n) is 3.51. The van der Waals surface area contributed by atoms with Crippen LogP contribution in [0.4, 0.5) is 8.78 Å². The molecule has 0 aliphatic rings. The standard InChI is InChI=1S/C12H9BrF2N2O/c13-8-4-10(15)12(17-6-8)18-11-2-1-7(5-16)3-9(11)14/h1-4,6H,5,16H2. The van der Waals surface area contributed by atoms with Gasteiger partial charge in [-0.2, -0.15) is 0 Å². The summed E-state index contributed by atoms with van der Waals surface area (Å²) in [4.78, 5) is 3.72. The second-order valence-corrected chi connectivity index (χ2v) is 4.43. The third-order valence-corrected chi connectivity index (χ3v) is 2.65. The quantitative estimate of drug-likeness (QED) is 0.945. The van der Waals surface area contributed by atoms with Crippen molar-refractivity contribution in [3.05, 3.63) is 52.1 Å². The van der Waals surface area contributed by atoms with Crippen molar-refractivity contribution in [1.29, 1.82) is 0 Å². The van der Waals surface area contributed by atoms with Crippen molar-refractivity contribution in [3.8, 4) is 11.6 Å². The van der Waals surface area contributed by atoms with Crippen molar-refractivity contribution < 1.29 is 13.5 Å². The summed E-state index contributed by atoms with van der Waals surface area (Å²) in [6, 6.07) is 5.43. The van der Waals surface area contributed by atoms with E-state index in [1.165, 1.54) is 24.4 Å². The topological polar surface area (TPSA) is 48.1 Å². The van der Waals surface area contributed by atoms with Gasteiger partial charge < -0.3 is 10.5 Å². The normalized spacial score (nSPS) is 10.4. The Morgan fingerprint density at radius 3 is 2.61 bits per heavy atom. The number of hydrogen-bond acceptors (Lipinski definition) is 3. The second kappa shape index (κ2) is 5.41. The van der Waals surface area contributed by atoms with E-state index in [4.69, 9.17) is 10.5 Å². The fourth-order valence-electron chi connectivity index (χ4n) is 1.34. The number of hydrogen-bond donors (Lipinski definition) is 1. The van der Waals surface area contributed by atoms with Crippen LogP contribution >= 0.6 is 15.9 Å². The van der Waals surface area contributed by atoms with E-state index in [0.717, 1.165) is 0 Å². The van der Waals surface area contributed by atoms with E-state index in [0.29, 0.717) is 10.0 Å².